The summed E-state index contributed by atoms with van der Waals surface area (Å²) < 4.78 is 6.25. The van der Waals surface area contributed by atoms with Crippen LogP contribution in [-0.2, 0) is 35.1 Å². The van der Waals surface area contributed by atoms with Gasteiger partial charge in [-0.15, -0.1) is 0 Å². The van der Waals surface area contributed by atoms with E-state index < -0.39 is 35.9 Å². The van der Waals surface area contributed by atoms with Gasteiger partial charge in [-0.1, -0.05) is 51.0 Å². The van der Waals surface area contributed by atoms with Crippen LogP contribution < -0.4 is 20.8 Å². The number of esters is 1. The second-order valence-electron chi connectivity index (χ2n) is 12.3. The molecule has 1 aromatic carbocycles. The molecular weight excluding hydrogens is 602 g/mol. The van der Waals surface area contributed by atoms with Crippen molar-refractivity contribution in [2.75, 3.05) is 20.8 Å². The molecule has 47 heavy (non-hydrogen) atoms. The van der Waals surface area contributed by atoms with E-state index in [9.17, 15) is 24.0 Å². The average molecular weight is 654 g/mol. The van der Waals surface area contributed by atoms with Crippen molar-refractivity contribution in [3.05, 3.63) is 48.2 Å². The Hall–Kier alpha value is -4.35. The van der Waals surface area contributed by atoms with Gasteiger partial charge in [0.05, 0.1) is 12.6 Å². The van der Waals surface area contributed by atoms with Crippen molar-refractivity contribution in [3.8, 4) is 0 Å². The summed E-state index contributed by atoms with van der Waals surface area (Å²) in [6.07, 6.45) is 10.9. The number of carbonyl (C=O) groups excluding carboxylic acids is 5. The molecule has 258 valence electrons. The van der Waals surface area contributed by atoms with Crippen LogP contribution in [0.25, 0.3) is 10.9 Å². The number of aromatic nitrogens is 1. The Kier molecular flexibility index (Phi) is 14.8. The molecule has 0 bridgehead atoms. The summed E-state index contributed by atoms with van der Waals surface area (Å²) in [5.41, 5.74) is 1.66. The summed E-state index contributed by atoms with van der Waals surface area (Å²) in [5.74, 6) is -1.41. The number of rotatable bonds is 18. The third kappa shape index (κ3) is 10.6. The number of methoxy groups -OCH3 is 1. The van der Waals surface area contributed by atoms with Crippen molar-refractivity contribution in [2.45, 2.75) is 103 Å². The molecule has 4 amide bonds. The number of ether oxygens (including phenoxy) is 1. The fraction of sp³-hybridized carbons (Fsp3) is 0.571. The fourth-order valence-electron chi connectivity index (χ4n) is 5.81. The molecule has 12 nitrogen and oxygen atoms in total. The molecule has 12 heteroatoms. The van der Waals surface area contributed by atoms with Crippen molar-refractivity contribution in [1.82, 2.24) is 25.6 Å². The van der Waals surface area contributed by atoms with Crippen LogP contribution in [0.2, 0.25) is 0 Å². The van der Waals surface area contributed by atoms with Crippen LogP contribution in [0, 0.1) is 5.92 Å². The predicted molar refractivity (Wildman–Crippen MR) is 179 cm³/mol. The van der Waals surface area contributed by atoms with Gasteiger partial charge in [-0.05, 0) is 63.0 Å². The minimum absolute atomic E-state index is 0.124. The Morgan fingerprint density at radius 2 is 1.74 bits per heavy atom. The molecule has 1 unspecified atom stereocenters. The summed E-state index contributed by atoms with van der Waals surface area (Å²) in [5, 5.41) is 9.82. The van der Waals surface area contributed by atoms with Crippen LogP contribution in [0.15, 0.2) is 42.6 Å². The second kappa shape index (κ2) is 18.7. The van der Waals surface area contributed by atoms with E-state index in [0.29, 0.717) is 45.1 Å². The standard InChI is InChI=1S/C35H51N5O7/c1-6-24(2)25(3)36-34(44)29(21-26-22-40(47-5)30-17-12-11-15-27(26)30)38-33(43)28(16-9-7-8-10-19-32(42)46-4)37-35(45)31-18-13-14-20-39(31)23-41/h10-12,15,17,19,22-25,28-29,31H,6-9,13-14,16,18,20-21H2,1-5H3,(H,36,44)(H,37,45)(H,38,43)/b19-10+/t24?,25-,28+,29+,31-/m1/s1. The van der Waals surface area contributed by atoms with Crippen LogP contribution in [0.5, 0.6) is 0 Å². The van der Waals surface area contributed by atoms with Crippen LogP contribution in [-0.4, -0.2) is 84.7 Å². The summed E-state index contributed by atoms with van der Waals surface area (Å²) in [4.78, 5) is 71.2. The van der Waals surface area contributed by atoms with Gasteiger partial charge in [0.1, 0.15) is 25.2 Å². The van der Waals surface area contributed by atoms with Crippen molar-refractivity contribution in [3.63, 3.8) is 0 Å². The predicted octanol–water partition coefficient (Wildman–Crippen LogP) is 3.06. The molecular formula is C35H51N5O7. The van der Waals surface area contributed by atoms with Gasteiger partial charge in [0, 0.05) is 36.7 Å². The lowest BCUT2D eigenvalue weighted by Gasteiger charge is -2.33. The van der Waals surface area contributed by atoms with Crippen LogP contribution in [0.1, 0.15) is 77.7 Å². The molecule has 0 saturated carbocycles. The third-order valence-corrected chi connectivity index (χ3v) is 9.07. The second-order valence-corrected chi connectivity index (χ2v) is 12.3. The maximum atomic E-state index is 14.0. The van der Waals surface area contributed by atoms with Gasteiger partial charge in [0.25, 0.3) is 0 Å². The van der Waals surface area contributed by atoms with Gasteiger partial charge in [-0.25, -0.2) is 4.79 Å². The Morgan fingerprint density at radius 3 is 2.45 bits per heavy atom. The lowest BCUT2D eigenvalue weighted by atomic mass is 9.98. The van der Waals surface area contributed by atoms with E-state index in [1.807, 2.05) is 37.4 Å². The molecule has 1 saturated heterocycles. The molecule has 0 radical (unpaired) electrons. The van der Waals surface area contributed by atoms with E-state index in [0.717, 1.165) is 35.7 Å². The SMILES string of the molecule is CCC(C)[C@@H](C)NC(=O)[C@H](Cc1cn(OC)c2ccccc12)NC(=O)[C@H](CCCC/C=C/C(=O)OC)NC(=O)[C@H]1CCCCN1C=O. The first kappa shape index (κ1) is 37.1. The number of carbonyl (C=O) groups is 5. The lowest BCUT2D eigenvalue weighted by molar-refractivity contribution is -0.137. The maximum Gasteiger partial charge on any atom is 0.330 e. The van der Waals surface area contributed by atoms with Gasteiger partial charge in [0.15, 0.2) is 0 Å². The zero-order valence-electron chi connectivity index (χ0n) is 28.3. The van der Waals surface area contributed by atoms with Gasteiger partial charge in [0.2, 0.25) is 24.1 Å². The first-order chi connectivity index (χ1) is 22.6. The molecule has 0 aliphatic carbocycles. The number of hydrogen-bond acceptors (Lipinski definition) is 7. The van der Waals surface area contributed by atoms with E-state index >= 15 is 0 Å². The van der Waals surface area contributed by atoms with Crippen molar-refractivity contribution >= 4 is 41.0 Å². The minimum Gasteiger partial charge on any atom is -0.466 e. The zero-order valence-corrected chi connectivity index (χ0v) is 28.3. The molecule has 1 aliphatic rings. The highest BCUT2D eigenvalue weighted by molar-refractivity contribution is 5.94. The van der Waals surface area contributed by atoms with E-state index in [4.69, 9.17) is 4.84 Å². The first-order valence-electron chi connectivity index (χ1n) is 16.6. The monoisotopic (exact) mass is 653 g/mol. The Labute approximate surface area is 277 Å². The van der Waals surface area contributed by atoms with Gasteiger partial charge < -0.3 is 30.4 Å². The molecule has 3 rings (SSSR count). The topological polar surface area (TPSA) is 148 Å². The molecule has 2 heterocycles. The third-order valence-electron chi connectivity index (χ3n) is 9.07. The molecule has 0 spiro atoms. The highest BCUT2D eigenvalue weighted by atomic mass is 16.6. The number of nitrogens with zero attached hydrogens (tertiary/aromatic N) is 2. The number of fused-ring (bicyclic) bond motifs is 1. The molecule has 1 aliphatic heterocycles. The number of piperidine rings is 1. The van der Waals surface area contributed by atoms with E-state index in [-0.39, 0.29) is 24.3 Å². The number of unbranched alkanes of at least 4 members (excludes halogenated alkanes) is 2. The van der Waals surface area contributed by atoms with Crippen molar-refractivity contribution in [1.29, 1.82) is 0 Å². The molecule has 5 atom stereocenters. The largest absolute Gasteiger partial charge is 0.466 e. The zero-order chi connectivity index (χ0) is 34.3. The Bertz CT molecular complexity index is 1390. The number of para-hydroxylation sites is 1. The van der Waals surface area contributed by atoms with E-state index in [1.54, 1.807) is 17.9 Å². The van der Waals surface area contributed by atoms with Crippen LogP contribution in [0.4, 0.5) is 0 Å². The van der Waals surface area contributed by atoms with Crippen LogP contribution in [0.3, 0.4) is 0 Å². The van der Waals surface area contributed by atoms with E-state index in [1.165, 1.54) is 18.1 Å². The minimum atomic E-state index is -0.940. The molecule has 3 N–H and O–H groups in total. The highest BCUT2D eigenvalue weighted by Crippen LogP contribution is 2.22. The average Bonchev–Trinajstić information content (AvgIpc) is 3.45. The van der Waals surface area contributed by atoms with Crippen molar-refractivity contribution in [2.24, 2.45) is 5.92 Å². The van der Waals surface area contributed by atoms with Gasteiger partial charge in [-0.3, -0.25) is 19.2 Å². The summed E-state index contributed by atoms with van der Waals surface area (Å²) in [6, 6.07) is 5.01. The lowest BCUT2D eigenvalue weighted by Crippen LogP contribution is -2.58. The molecule has 2 aromatic rings. The fourth-order valence-corrected chi connectivity index (χ4v) is 5.81. The number of likely N-dealkylation sites (tertiary alicyclic amines) is 1. The van der Waals surface area contributed by atoms with Crippen LogP contribution >= 0.6 is 0 Å². The normalized spacial score (nSPS) is 17.4. The Balaban J connectivity index is 1.85. The summed E-state index contributed by atoms with van der Waals surface area (Å²) >= 11 is 0. The summed E-state index contributed by atoms with van der Waals surface area (Å²) in [6.45, 7) is 6.55. The number of hydrogen-bond donors (Lipinski definition) is 3. The molecule has 1 fully saturated rings. The quantitative estimate of drug-likeness (QED) is 0.0970. The summed E-state index contributed by atoms with van der Waals surface area (Å²) in [7, 11) is 2.87. The van der Waals surface area contributed by atoms with E-state index in [2.05, 4.69) is 34.5 Å². The number of benzene rings is 1. The van der Waals surface area contributed by atoms with Gasteiger partial charge in [-0.2, -0.15) is 4.73 Å². The van der Waals surface area contributed by atoms with Gasteiger partial charge >= 0.3 is 5.97 Å². The first-order valence-corrected chi connectivity index (χ1v) is 16.6. The number of amides is 4. The molecule has 1 aromatic heterocycles. The van der Waals surface area contributed by atoms with Crippen molar-refractivity contribution < 1.29 is 33.5 Å². The number of nitrogens with one attached hydrogen (secondary N) is 3. The Morgan fingerprint density at radius 1 is 1.00 bits per heavy atom. The maximum absolute atomic E-state index is 14.0. The highest BCUT2D eigenvalue weighted by Gasteiger charge is 2.33. The number of allylic oxidation sites excluding steroid dienone is 1. The smallest absolute Gasteiger partial charge is 0.330 e.